The Labute approximate surface area is 216 Å². The Kier molecular flexibility index (Phi) is 8.08. The Bertz CT molecular complexity index is 1450. The predicted octanol–water partition coefficient (Wildman–Crippen LogP) is 4.05. The third-order valence-corrected chi connectivity index (χ3v) is 8.30. The number of hydrogen-bond donors (Lipinski definition) is 3. The molecule has 0 saturated carbocycles. The molecule has 0 unspecified atom stereocenters. The van der Waals surface area contributed by atoms with Crippen LogP contribution in [-0.4, -0.2) is 37.6 Å². The van der Waals surface area contributed by atoms with Gasteiger partial charge in [-0.15, -0.1) is 11.3 Å². The summed E-state index contributed by atoms with van der Waals surface area (Å²) in [5.74, 6) is -0.389. The van der Waals surface area contributed by atoms with Crippen LogP contribution in [0.5, 0.6) is 5.75 Å². The summed E-state index contributed by atoms with van der Waals surface area (Å²) in [5.41, 5.74) is 5.94. The number of aromatic nitrogens is 1. The van der Waals surface area contributed by atoms with Crippen molar-refractivity contribution in [3.05, 3.63) is 78.4 Å². The second-order valence-electron chi connectivity index (χ2n) is 7.33. The molecule has 0 aliphatic carbocycles. The number of amides is 2. The van der Waals surface area contributed by atoms with Crippen LogP contribution in [0.4, 0.5) is 5.69 Å². The highest BCUT2D eigenvalue weighted by Crippen LogP contribution is 2.29. The topological polar surface area (TPSA) is 126 Å². The van der Waals surface area contributed by atoms with Crippen molar-refractivity contribution in [2.24, 2.45) is 0 Å². The lowest BCUT2D eigenvalue weighted by Gasteiger charge is -2.11. The number of nitrogens with zero attached hydrogens (tertiary/aromatic N) is 1. The highest BCUT2D eigenvalue weighted by Gasteiger charge is 2.17. The molecule has 0 aliphatic heterocycles. The molecule has 2 amide bonds. The first kappa shape index (κ1) is 25.5. The van der Waals surface area contributed by atoms with Gasteiger partial charge in [0.2, 0.25) is 5.91 Å². The summed E-state index contributed by atoms with van der Waals surface area (Å²) in [6.07, 6.45) is 0. The van der Waals surface area contributed by atoms with E-state index in [0.717, 1.165) is 14.6 Å². The van der Waals surface area contributed by atoms with Gasteiger partial charge in [0, 0.05) is 11.3 Å². The molecule has 36 heavy (non-hydrogen) atoms. The van der Waals surface area contributed by atoms with Gasteiger partial charge in [-0.3, -0.25) is 25.2 Å². The molecule has 12 heteroatoms. The number of carbonyl (C=O) groups excluding carboxylic acids is 2. The smallest absolute Gasteiger partial charge is 0.269 e. The Morgan fingerprint density at radius 2 is 1.78 bits per heavy atom. The Hall–Kier alpha value is -3.61. The predicted molar refractivity (Wildman–Crippen MR) is 141 cm³/mol. The van der Waals surface area contributed by atoms with Gasteiger partial charge >= 0.3 is 0 Å². The minimum atomic E-state index is -3.94. The van der Waals surface area contributed by atoms with E-state index < -0.39 is 21.8 Å². The maximum absolute atomic E-state index is 12.8. The van der Waals surface area contributed by atoms with E-state index in [1.807, 2.05) is 31.2 Å². The third-order valence-electron chi connectivity index (χ3n) is 4.74. The fraction of sp³-hybridized carbons (Fsp3) is 0.125. The second-order valence-corrected chi connectivity index (χ2v) is 11.3. The summed E-state index contributed by atoms with van der Waals surface area (Å²) in [5, 5.41) is 0. The number of ether oxygens (including phenoxy) is 1. The van der Waals surface area contributed by atoms with Crippen molar-refractivity contribution in [1.29, 1.82) is 0 Å². The van der Waals surface area contributed by atoms with Crippen LogP contribution in [-0.2, 0) is 14.8 Å². The van der Waals surface area contributed by atoms with E-state index in [9.17, 15) is 18.0 Å². The van der Waals surface area contributed by atoms with Crippen LogP contribution >= 0.6 is 23.1 Å². The van der Waals surface area contributed by atoms with Crippen LogP contribution in [0.3, 0.4) is 0 Å². The lowest BCUT2D eigenvalue weighted by molar-refractivity contribution is -0.119. The minimum absolute atomic E-state index is 0.0561. The molecule has 0 spiro atoms. The standard InChI is InChI=1S/C24H22N4O5S3/c1-2-33-18-12-10-17(11-13-18)28-36(31,32)19-7-5-6-16(14-19)23(30)27-26-22(29)15-34-24-25-20-8-3-4-9-21(20)35-24/h3-14,28H,2,15H2,1H3,(H,26,29)(H,27,30). The number of thioether (sulfide) groups is 1. The summed E-state index contributed by atoms with van der Waals surface area (Å²) in [6.45, 7) is 2.36. The number of thiazole rings is 1. The molecule has 1 aromatic heterocycles. The van der Waals surface area contributed by atoms with Gasteiger partial charge in [-0.05, 0) is 61.5 Å². The highest BCUT2D eigenvalue weighted by molar-refractivity contribution is 8.01. The van der Waals surface area contributed by atoms with Gasteiger partial charge in [-0.1, -0.05) is 30.0 Å². The lowest BCUT2D eigenvalue weighted by Crippen LogP contribution is -2.42. The van der Waals surface area contributed by atoms with Gasteiger partial charge in [0.05, 0.1) is 27.5 Å². The number of rotatable bonds is 9. The van der Waals surface area contributed by atoms with Crippen molar-refractivity contribution in [3.8, 4) is 5.75 Å². The van der Waals surface area contributed by atoms with Crippen molar-refractivity contribution in [1.82, 2.24) is 15.8 Å². The fourth-order valence-corrected chi connectivity index (χ4v) is 6.05. The van der Waals surface area contributed by atoms with Crippen molar-refractivity contribution < 1.29 is 22.7 Å². The van der Waals surface area contributed by atoms with Crippen molar-refractivity contribution in [2.75, 3.05) is 17.1 Å². The van der Waals surface area contributed by atoms with Gasteiger partial charge in [0.15, 0.2) is 4.34 Å². The Balaban J connectivity index is 1.32. The molecule has 4 aromatic rings. The normalized spacial score (nSPS) is 11.1. The fourth-order valence-electron chi connectivity index (χ4n) is 3.08. The monoisotopic (exact) mass is 542 g/mol. The molecule has 3 aromatic carbocycles. The molecule has 0 saturated heterocycles. The molecular formula is C24H22N4O5S3. The van der Waals surface area contributed by atoms with E-state index in [-0.39, 0.29) is 16.2 Å². The van der Waals surface area contributed by atoms with Gasteiger partial charge in [-0.25, -0.2) is 13.4 Å². The minimum Gasteiger partial charge on any atom is -0.494 e. The van der Waals surface area contributed by atoms with Crippen LogP contribution in [0.1, 0.15) is 17.3 Å². The number of nitrogens with one attached hydrogen (secondary N) is 3. The van der Waals surface area contributed by atoms with E-state index in [1.54, 1.807) is 24.3 Å². The molecule has 4 rings (SSSR count). The molecule has 0 bridgehead atoms. The SMILES string of the molecule is CCOc1ccc(NS(=O)(=O)c2cccc(C(=O)NNC(=O)CSc3nc4ccccc4s3)c2)cc1. The van der Waals surface area contributed by atoms with E-state index in [1.165, 1.54) is 47.4 Å². The van der Waals surface area contributed by atoms with Gasteiger partial charge in [-0.2, -0.15) is 0 Å². The van der Waals surface area contributed by atoms with Crippen LogP contribution in [0.15, 0.2) is 82.0 Å². The molecule has 0 radical (unpaired) electrons. The van der Waals surface area contributed by atoms with E-state index in [4.69, 9.17) is 4.74 Å². The molecule has 0 aliphatic rings. The van der Waals surface area contributed by atoms with Crippen molar-refractivity contribution in [2.45, 2.75) is 16.2 Å². The number of anilines is 1. The largest absolute Gasteiger partial charge is 0.494 e. The van der Waals surface area contributed by atoms with Gasteiger partial charge in [0.1, 0.15) is 5.75 Å². The first-order valence-electron chi connectivity index (χ1n) is 10.8. The lowest BCUT2D eigenvalue weighted by atomic mass is 10.2. The van der Waals surface area contributed by atoms with E-state index >= 15 is 0 Å². The van der Waals surface area contributed by atoms with Crippen LogP contribution in [0, 0.1) is 0 Å². The maximum atomic E-state index is 12.8. The second kappa shape index (κ2) is 11.4. The summed E-state index contributed by atoms with van der Waals surface area (Å²) in [4.78, 5) is 29.0. The number of fused-ring (bicyclic) bond motifs is 1. The number of benzene rings is 3. The average molecular weight is 543 g/mol. The van der Waals surface area contributed by atoms with E-state index in [2.05, 4.69) is 20.6 Å². The van der Waals surface area contributed by atoms with Crippen LogP contribution in [0.2, 0.25) is 0 Å². The summed E-state index contributed by atoms with van der Waals surface area (Å²) < 4.78 is 35.2. The molecule has 0 fully saturated rings. The number of carbonyl (C=O) groups is 2. The first-order valence-corrected chi connectivity index (χ1v) is 14.1. The zero-order valence-corrected chi connectivity index (χ0v) is 21.5. The zero-order valence-electron chi connectivity index (χ0n) is 19.1. The molecule has 1 heterocycles. The molecule has 9 nitrogen and oxygen atoms in total. The quantitative estimate of drug-likeness (QED) is 0.215. The summed E-state index contributed by atoms with van der Waals surface area (Å²) in [7, 11) is -3.94. The summed E-state index contributed by atoms with van der Waals surface area (Å²) in [6, 6.07) is 19.7. The van der Waals surface area contributed by atoms with Crippen LogP contribution < -0.4 is 20.3 Å². The number of hydrazine groups is 1. The zero-order chi connectivity index (χ0) is 25.5. The highest BCUT2D eigenvalue weighted by atomic mass is 32.2. The Morgan fingerprint density at radius 3 is 2.53 bits per heavy atom. The molecule has 3 N–H and O–H groups in total. The number of hydrogen-bond acceptors (Lipinski definition) is 8. The Morgan fingerprint density at radius 1 is 1.00 bits per heavy atom. The third kappa shape index (κ3) is 6.53. The molecular weight excluding hydrogens is 520 g/mol. The summed E-state index contributed by atoms with van der Waals surface area (Å²) >= 11 is 2.74. The number of sulfonamides is 1. The van der Waals surface area contributed by atoms with Crippen molar-refractivity contribution >= 4 is 60.8 Å². The van der Waals surface area contributed by atoms with Gasteiger partial charge < -0.3 is 4.74 Å². The average Bonchev–Trinajstić information content (AvgIpc) is 3.30. The molecule has 0 atom stereocenters. The maximum Gasteiger partial charge on any atom is 0.269 e. The van der Waals surface area contributed by atoms with Crippen molar-refractivity contribution in [3.63, 3.8) is 0 Å². The molecule has 186 valence electrons. The van der Waals surface area contributed by atoms with Crippen LogP contribution in [0.25, 0.3) is 10.2 Å². The van der Waals surface area contributed by atoms with Gasteiger partial charge in [0.25, 0.3) is 15.9 Å². The number of para-hydroxylation sites is 1. The first-order chi connectivity index (χ1) is 17.3. The van der Waals surface area contributed by atoms with E-state index in [0.29, 0.717) is 18.0 Å².